The molecule has 0 spiro atoms. The monoisotopic (exact) mass is 403 g/mol. The van der Waals surface area contributed by atoms with E-state index in [0.29, 0.717) is 0 Å². The molecular weight excluding hydrogens is 374 g/mol. The highest BCUT2D eigenvalue weighted by atomic mass is 32.2. The predicted octanol–water partition coefficient (Wildman–Crippen LogP) is 3.16. The quantitative estimate of drug-likeness (QED) is 0.705. The molecule has 1 aromatic rings. The molecule has 1 aliphatic heterocycles. The second kappa shape index (κ2) is 7.52. The van der Waals surface area contributed by atoms with Crippen molar-refractivity contribution in [2.75, 3.05) is 11.9 Å². The summed E-state index contributed by atoms with van der Waals surface area (Å²) in [6, 6.07) is 1.61. The number of amides is 2. The van der Waals surface area contributed by atoms with E-state index in [4.69, 9.17) is 0 Å². The van der Waals surface area contributed by atoms with E-state index in [-0.39, 0.29) is 5.54 Å². The van der Waals surface area contributed by atoms with Crippen LogP contribution in [-0.4, -0.2) is 26.5 Å². The summed E-state index contributed by atoms with van der Waals surface area (Å²) in [4.78, 5) is 12.5. The lowest BCUT2D eigenvalue weighted by molar-refractivity contribution is 0.256. The zero-order valence-corrected chi connectivity index (χ0v) is 17.3. The molecule has 0 bridgehead atoms. The zero-order valence-electron chi connectivity index (χ0n) is 16.4. The molecule has 1 heterocycles. The minimum absolute atomic E-state index is 0.285. The van der Waals surface area contributed by atoms with Gasteiger partial charge >= 0.3 is 6.03 Å². The summed E-state index contributed by atoms with van der Waals surface area (Å²) in [6.07, 6.45) is 10.5. The van der Waals surface area contributed by atoms with Gasteiger partial charge in [0.05, 0.1) is 0 Å². The number of carbonyl (C=O) groups excluding carboxylic acids is 1. The SMILES string of the molecule is CCC1(/C=C/S(=O)(=O)NC(=O)Nc2c3c(cc4c2CCC4)CCC3)CCCN1. The van der Waals surface area contributed by atoms with Crippen LogP contribution in [0.3, 0.4) is 0 Å². The summed E-state index contributed by atoms with van der Waals surface area (Å²) in [5.41, 5.74) is 5.54. The highest BCUT2D eigenvalue weighted by Gasteiger charge is 2.30. The lowest BCUT2D eigenvalue weighted by Gasteiger charge is -2.23. The van der Waals surface area contributed by atoms with Crippen LogP contribution in [0.2, 0.25) is 0 Å². The fraction of sp³-hybridized carbons (Fsp3) is 0.571. The number of nitrogens with one attached hydrogen (secondary N) is 3. The van der Waals surface area contributed by atoms with E-state index in [9.17, 15) is 13.2 Å². The van der Waals surface area contributed by atoms with Crippen LogP contribution in [0.5, 0.6) is 0 Å². The van der Waals surface area contributed by atoms with Gasteiger partial charge in [-0.05, 0) is 86.6 Å². The van der Waals surface area contributed by atoms with Crippen LogP contribution in [0.15, 0.2) is 17.6 Å². The van der Waals surface area contributed by atoms with Crippen LogP contribution in [0, 0.1) is 0 Å². The molecule has 4 rings (SSSR count). The number of rotatable bonds is 5. The number of hydrogen-bond donors (Lipinski definition) is 3. The number of fused-ring (bicyclic) bond motifs is 2. The number of aryl methyl sites for hydroxylation is 2. The Morgan fingerprint density at radius 2 is 1.82 bits per heavy atom. The van der Waals surface area contributed by atoms with E-state index in [0.717, 1.165) is 75.4 Å². The molecule has 2 aliphatic carbocycles. The molecule has 1 unspecified atom stereocenters. The molecule has 3 aliphatic rings. The van der Waals surface area contributed by atoms with Gasteiger partial charge in [-0.3, -0.25) is 0 Å². The molecule has 1 saturated heterocycles. The van der Waals surface area contributed by atoms with Crippen molar-refractivity contribution in [3.05, 3.63) is 39.8 Å². The molecule has 3 N–H and O–H groups in total. The minimum Gasteiger partial charge on any atom is -0.308 e. The van der Waals surface area contributed by atoms with Crippen molar-refractivity contribution < 1.29 is 13.2 Å². The van der Waals surface area contributed by atoms with E-state index in [1.54, 1.807) is 6.08 Å². The number of benzene rings is 1. The minimum atomic E-state index is -3.85. The first-order valence-electron chi connectivity index (χ1n) is 10.4. The lowest BCUT2D eigenvalue weighted by atomic mass is 9.95. The van der Waals surface area contributed by atoms with Crippen molar-refractivity contribution in [3.8, 4) is 0 Å². The average Bonchev–Trinajstić information content (AvgIpc) is 3.40. The van der Waals surface area contributed by atoms with E-state index in [1.807, 2.05) is 6.92 Å². The Kier molecular flexibility index (Phi) is 5.22. The van der Waals surface area contributed by atoms with Crippen LogP contribution in [0.4, 0.5) is 10.5 Å². The number of sulfonamides is 1. The highest BCUT2D eigenvalue weighted by Crippen LogP contribution is 2.38. The smallest absolute Gasteiger partial charge is 0.308 e. The van der Waals surface area contributed by atoms with Gasteiger partial charge in [0, 0.05) is 16.6 Å². The van der Waals surface area contributed by atoms with Crippen LogP contribution in [0.25, 0.3) is 0 Å². The molecule has 2 amide bonds. The Morgan fingerprint density at radius 3 is 2.39 bits per heavy atom. The third-order valence-electron chi connectivity index (χ3n) is 6.42. The van der Waals surface area contributed by atoms with Crippen molar-refractivity contribution in [2.45, 2.75) is 70.3 Å². The third kappa shape index (κ3) is 3.82. The second-order valence-electron chi connectivity index (χ2n) is 8.18. The van der Waals surface area contributed by atoms with Gasteiger partial charge in [-0.1, -0.05) is 19.1 Å². The summed E-state index contributed by atoms with van der Waals surface area (Å²) < 4.78 is 27.0. The van der Waals surface area contributed by atoms with Crippen molar-refractivity contribution in [1.82, 2.24) is 10.0 Å². The Morgan fingerprint density at radius 1 is 1.14 bits per heavy atom. The van der Waals surface area contributed by atoms with Gasteiger partial charge in [0.25, 0.3) is 10.0 Å². The Labute approximate surface area is 167 Å². The third-order valence-corrected chi connectivity index (χ3v) is 7.38. The van der Waals surface area contributed by atoms with E-state index >= 15 is 0 Å². The zero-order chi connectivity index (χ0) is 19.8. The van der Waals surface area contributed by atoms with Crippen molar-refractivity contribution in [1.29, 1.82) is 0 Å². The number of anilines is 1. The van der Waals surface area contributed by atoms with Gasteiger partial charge in [0.15, 0.2) is 0 Å². The average molecular weight is 404 g/mol. The van der Waals surface area contributed by atoms with Crippen LogP contribution >= 0.6 is 0 Å². The molecule has 6 nitrogen and oxygen atoms in total. The largest absolute Gasteiger partial charge is 0.333 e. The molecule has 0 saturated carbocycles. The van der Waals surface area contributed by atoms with Gasteiger partial charge in [-0.15, -0.1) is 0 Å². The molecule has 1 aromatic carbocycles. The summed E-state index contributed by atoms with van der Waals surface area (Å²) >= 11 is 0. The maximum atomic E-state index is 12.5. The summed E-state index contributed by atoms with van der Waals surface area (Å²) in [6.45, 7) is 2.92. The molecular formula is C21H29N3O3S. The Hall–Kier alpha value is -1.86. The Bertz CT molecular complexity index is 883. The van der Waals surface area contributed by atoms with Gasteiger partial charge in [0.2, 0.25) is 0 Å². The van der Waals surface area contributed by atoms with E-state index < -0.39 is 16.1 Å². The van der Waals surface area contributed by atoms with Crippen LogP contribution in [-0.2, 0) is 35.7 Å². The Balaban J connectivity index is 1.49. The maximum absolute atomic E-state index is 12.5. The second-order valence-corrected chi connectivity index (χ2v) is 9.74. The molecule has 0 aromatic heterocycles. The van der Waals surface area contributed by atoms with Crippen molar-refractivity contribution >= 4 is 21.7 Å². The van der Waals surface area contributed by atoms with Crippen LogP contribution in [0.1, 0.15) is 61.3 Å². The van der Waals surface area contributed by atoms with Gasteiger partial charge in [0.1, 0.15) is 0 Å². The maximum Gasteiger partial charge on any atom is 0.333 e. The van der Waals surface area contributed by atoms with Crippen molar-refractivity contribution in [2.24, 2.45) is 0 Å². The summed E-state index contributed by atoms with van der Waals surface area (Å²) in [5, 5.41) is 7.37. The number of carbonyl (C=O) groups is 1. The van der Waals surface area contributed by atoms with Gasteiger partial charge < -0.3 is 10.6 Å². The molecule has 7 heteroatoms. The fourth-order valence-corrected chi connectivity index (χ4v) is 5.70. The summed E-state index contributed by atoms with van der Waals surface area (Å²) in [5.74, 6) is 0. The van der Waals surface area contributed by atoms with Gasteiger partial charge in [-0.2, -0.15) is 0 Å². The highest BCUT2D eigenvalue weighted by molar-refractivity contribution is 7.92. The first-order chi connectivity index (χ1) is 13.4. The van der Waals surface area contributed by atoms with Gasteiger partial charge in [-0.25, -0.2) is 17.9 Å². The standard InChI is InChI=1S/C21H29N3O3S/c1-2-21(10-5-12-22-21)11-13-28(26,27)24-20(25)23-19-17-8-3-6-15(17)14-16-7-4-9-18(16)19/h11,13-14,22H,2-10,12H2,1H3,(H2,23,24,25)/b13-11+. The molecule has 28 heavy (non-hydrogen) atoms. The molecule has 1 fully saturated rings. The fourth-order valence-electron chi connectivity index (χ4n) is 4.88. The topological polar surface area (TPSA) is 87.3 Å². The normalized spacial score (nSPS) is 23.8. The van der Waals surface area contributed by atoms with E-state index in [2.05, 4.69) is 21.4 Å². The lowest BCUT2D eigenvalue weighted by Crippen LogP contribution is -2.38. The summed E-state index contributed by atoms with van der Waals surface area (Å²) in [7, 11) is -3.85. The van der Waals surface area contributed by atoms with E-state index in [1.165, 1.54) is 22.3 Å². The molecule has 152 valence electrons. The molecule has 0 radical (unpaired) electrons. The molecule has 1 atom stereocenters. The van der Waals surface area contributed by atoms with Crippen molar-refractivity contribution in [3.63, 3.8) is 0 Å². The predicted molar refractivity (Wildman–Crippen MR) is 111 cm³/mol. The number of hydrogen-bond acceptors (Lipinski definition) is 4. The first-order valence-corrected chi connectivity index (χ1v) is 11.9. The number of urea groups is 1. The first kappa shape index (κ1) is 19.5. The van der Waals surface area contributed by atoms with Crippen LogP contribution < -0.4 is 15.4 Å².